The van der Waals surface area contributed by atoms with Crippen LogP contribution in [0.1, 0.15) is 5.56 Å². The molecule has 8 nitrogen and oxygen atoms in total. The van der Waals surface area contributed by atoms with Crippen LogP contribution in [-0.4, -0.2) is 35.0 Å². The van der Waals surface area contributed by atoms with Gasteiger partial charge in [-0.1, -0.05) is 23.7 Å². The lowest BCUT2D eigenvalue weighted by atomic mass is 10.2. The second kappa shape index (κ2) is 6.78. The van der Waals surface area contributed by atoms with Crippen molar-refractivity contribution in [2.45, 2.75) is 11.5 Å². The van der Waals surface area contributed by atoms with E-state index in [1.54, 1.807) is 18.2 Å². The standard InChI is InChI=1S/C16H15ClN2O6S/c1-25-15-4-2-3-12-10(9-20)8-18(16(12)15)26(23,24)11-5-6-13(17)14(7-11)19(21)22/h2-8,20-22H,9H2,1H3. The zero-order valence-electron chi connectivity index (χ0n) is 13.5. The van der Waals surface area contributed by atoms with Gasteiger partial charge >= 0.3 is 0 Å². The topological polar surface area (TPSA) is 112 Å². The molecule has 0 unspecified atom stereocenters. The highest BCUT2D eigenvalue weighted by Crippen LogP contribution is 2.34. The minimum Gasteiger partial charge on any atom is -0.495 e. The normalized spacial score (nSPS) is 11.7. The van der Waals surface area contributed by atoms with Crippen LogP contribution >= 0.6 is 11.6 Å². The lowest BCUT2D eigenvalue weighted by Crippen LogP contribution is -2.15. The van der Waals surface area contributed by atoms with Gasteiger partial charge in [0.25, 0.3) is 10.0 Å². The van der Waals surface area contributed by atoms with Crippen LogP contribution in [0.25, 0.3) is 10.9 Å². The zero-order valence-corrected chi connectivity index (χ0v) is 15.1. The Kier molecular flexibility index (Phi) is 4.82. The number of aliphatic hydroxyl groups is 1. The monoisotopic (exact) mass is 398 g/mol. The summed E-state index contributed by atoms with van der Waals surface area (Å²) in [6.45, 7) is -0.362. The third-order valence-corrected chi connectivity index (χ3v) is 5.89. The predicted octanol–water partition coefficient (Wildman–Crippen LogP) is 2.62. The highest BCUT2D eigenvalue weighted by atomic mass is 35.5. The SMILES string of the molecule is COc1cccc2c(CO)cn(S(=O)(=O)c3ccc(Cl)c(N(O)O)c3)c12. The Balaban J connectivity index is 2.31. The summed E-state index contributed by atoms with van der Waals surface area (Å²) in [6.07, 6.45) is 1.30. The molecule has 0 spiro atoms. The summed E-state index contributed by atoms with van der Waals surface area (Å²) < 4.78 is 32.5. The van der Waals surface area contributed by atoms with Crippen LogP contribution in [0.4, 0.5) is 5.69 Å². The lowest BCUT2D eigenvalue weighted by Gasteiger charge is -2.14. The van der Waals surface area contributed by atoms with E-state index in [1.165, 1.54) is 25.4 Å². The van der Waals surface area contributed by atoms with E-state index in [-0.39, 0.29) is 33.0 Å². The van der Waals surface area contributed by atoms with Crippen molar-refractivity contribution < 1.29 is 28.7 Å². The fourth-order valence-electron chi connectivity index (χ4n) is 2.68. The number of anilines is 1. The Morgan fingerprint density at radius 1 is 1.23 bits per heavy atom. The molecule has 0 radical (unpaired) electrons. The Hall–Kier alpha value is -2.30. The first kappa shape index (κ1) is 18.5. The molecule has 1 heterocycles. The third kappa shape index (κ3) is 2.89. The van der Waals surface area contributed by atoms with Crippen LogP contribution in [0.3, 0.4) is 0 Å². The summed E-state index contributed by atoms with van der Waals surface area (Å²) in [6, 6.07) is 8.46. The molecule has 3 N–H and O–H groups in total. The number of hydrogen-bond donors (Lipinski definition) is 3. The minimum absolute atomic E-state index is 0.0417. The first-order chi connectivity index (χ1) is 12.3. The summed E-state index contributed by atoms with van der Waals surface area (Å²) in [4.78, 5) is -0.225. The van der Waals surface area contributed by atoms with Crippen LogP contribution < -0.4 is 9.96 Å². The van der Waals surface area contributed by atoms with Gasteiger partial charge in [-0.15, -0.1) is 5.23 Å². The Bertz CT molecular complexity index is 1080. The number of rotatable bonds is 5. The number of halogens is 1. The van der Waals surface area contributed by atoms with Gasteiger partial charge in [-0.2, -0.15) is 0 Å². The zero-order chi connectivity index (χ0) is 19.1. The van der Waals surface area contributed by atoms with E-state index in [1.807, 2.05) is 0 Å². The van der Waals surface area contributed by atoms with E-state index < -0.39 is 10.0 Å². The largest absolute Gasteiger partial charge is 0.495 e. The molecule has 0 aliphatic carbocycles. The van der Waals surface area contributed by atoms with Gasteiger partial charge in [0.05, 0.1) is 23.6 Å². The highest BCUT2D eigenvalue weighted by molar-refractivity contribution is 7.90. The van der Waals surface area contributed by atoms with Gasteiger partial charge in [0, 0.05) is 17.1 Å². The first-order valence-corrected chi connectivity index (χ1v) is 9.14. The highest BCUT2D eigenvalue weighted by Gasteiger charge is 2.24. The number of para-hydroxylation sites is 1. The van der Waals surface area contributed by atoms with Crippen LogP contribution in [0, 0.1) is 0 Å². The second-order valence-electron chi connectivity index (χ2n) is 5.37. The predicted molar refractivity (Wildman–Crippen MR) is 94.5 cm³/mol. The van der Waals surface area contributed by atoms with Crippen molar-refractivity contribution in [2.75, 3.05) is 12.3 Å². The molecule has 3 rings (SSSR count). The van der Waals surface area contributed by atoms with Gasteiger partial charge in [-0.25, -0.2) is 12.4 Å². The van der Waals surface area contributed by atoms with Crippen LogP contribution in [0.5, 0.6) is 5.75 Å². The Morgan fingerprint density at radius 3 is 2.58 bits per heavy atom. The number of nitrogens with zero attached hydrogens (tertiary/aromatic N) is 2. The Morgan fingerprint density at radius 2 is 1.96 bits per heavy atom. The van der Waals surface area contributed by atoms with Crippen molar-refractivity contribution in [2.24, 2.45) is 0 Å². The number of aliphatic hydroxyl groups excluding tert-OH is 1. The molecule has 0 bridgehead atoms. The number of methoxy groups -OCH3 is 1. The van der Waals surface area contributed by atoms with E-state index in [2.05, 4.69) is 0 Å². The lowest BCUT2D eigenvalue weighted by molar-refractivity contribution is 0.0291. The summed E-state index contributed by atoms with van der Waals surface area (Å²) in [5, 5.41) is 28.2. The fourth-order valence-corrected chi connectivity index (χ4v) is 4.30. The molecule has 0 saturated carbocycles. The van der Waals surface area contributed by atoms with Gasteiger partial charge in [0.1, 0.15) is 17.0 Å². The van der Waals surface area contributed by atoms with Crippen molar-refractivity contribution in [1.82, 2.24) is 3.97 Å². The van der Waals surface area contributed by atoms with Gasteiger partial charge in [-0.05, 0) is 24.3 Å². The van der Waals surface area contributed by atoms with Gasteiger partial charge in [0.15, 0.2) is 0 Å². The van der Waals surface area contributed by atoms with Crippen molar-refractivity contribution in [3.05, 3.63) is 53.2 Å². The molecule has 26 heavy (non-hydrogen) atoms. The summed E-state index contributed by atoms with van der Waals surface area (Å²) in [5.41, 5.74) is 0.376. The van der Waals surface area contributed by atoms with E-state index in [4.69, 9.17) is 16.3 Å². The molecule has 0 saturated heterocycles. The van der Waals surface area contributed by atoms with Crippen LogP contribution in [0.2, 0.25) is 5.02 Å². The number of aromatic nitrogens is 1. The maximum absolute atomic E-state index is 13.1. The van der Waals surface area contributed by atoms with Crippen LogP contribution in [-0.2, 0) is 16.6 Å². The maximum atomic E-state index is 13.1. The molecule has 0 aliphatic heterocycles. The van der Waals surface area contributed by atoms with Crippen molar-refractivity contribution in [3.8, 4) is 5.75 Å². The molecule has 10 heteroatoms. The van der Waals surface area contributed by atoms with Gasteiger partial charge < -0.3 is 9.84 Å². The molecule has 0 atom stereocenters. The molecule has 0 aliphatic rings. The fraction of sp³-hybridized carbons (Fsp3) is 0.125. The van der Waals surface area contributed by atoms with Crippen LogP contribution in [0.15, 0.2) is 47.5 Å². The molecular formula is C16H15ClN2O6S. The molecule has 1 aromatic heterocycles. The Labute approximate surface area is 154 Å². The summed E-state index contributed by atoms with van der Waals surface area (Å²) in [7, 11) is -2.73. The smallest absolute Gasteiger partial charge is 0.268 e. The maximum Gasteiger partial charge on any atom is 0.268 e. The van der Waals surface area contributed by atoms with Crippen molar-refractivity contribution >= 4 is 38.2 Å². The van der Waals surface area contributed by atoms with E-state index in [0.717, 1.165) is 10.0 Å². The summed E-state index contributed by atoms with van der Waals surface area (Å²) in [5.74, 6) is 0.311. The summed E-state index contributed by atoms with van der Waals surface area (Å²) >= 11 is 5.84. The number of ether oxygens (including phenoxy) is 1. The second-order valence-corrected chi connectivity index (χ2v) is 7.59. The first-order valence-electron chi connectivity index (χ1n) is 7.32. The molecule has 2 aromatic carbocycles. The van der Waals surface area contributed by atoms with Gasteiger partial charge in [0.2, 0.25) is 0 Å². The van der Waals surface area contributed by atoms with Gasteiger partial charge in [-0.3, -0.25) is 10.4 Å². The van der Waals surface area contributed by atoms with Crippen molar-refractivity contribution in [1.29, 1.82) is 0 Å². The molecule has 0 amide bonds. The molecule has 138 valence electrons. The number of hydrogen-bond acceptors (Lipinski definition) is 7. The quantitative estimate of drug-likeness (QED) is 0.566. The average Bonchev–Trinajstić information content (AvgIpc) is 3.01. The number of fused-ring (bicyclic) bond motifs is 1. The minimum atomic E-state index is -4.14. The molecule has 0 fully saturated rings. The van der Waals surface area contributed by atoms with E-state index in [0.29, 0.717) is 16.7 Å². The molecule has 3 aromatic rings. The number of benzene rings is 2. The third-order valence-electron chi connectivity index (χ3n) is 3.92. The van der Waals surface area contributed by atoms with E-state index in [9.17, 15) is 23.9 Å². The molecular weight excluding hydrogens is 384 g/mol. The van der Waals surface area contributed by atoms with E-state index >= 15 is 0 Å². The average molecular weight is 399 g/mol. The van der Waals surface area contributed by atoms with Crippen molar-refractivity contribution in [3.63, 3.8) is 0 Å².